The lowest BCUT2D eigenvalue weighted by atomic mass is 9.33. The summed E-state index contributed by atoms with van der Waals surface area (Å²) >= 11 is 0. The summed E-state index contributed by atoms with van der Waals surface area (Å²) in [4.78, 5) is 4.92. The molecule has 0 aromatic heterocycles. The summed E-state index contributed by atoms with van der Waals surface area (Å²) < 4.78 is 0. The predicted octanol–water partition coefficient (Wildman–Crippen LogP) is 10.9. The van der Waals surface area contributed by atoms with Gasteiger partial charge in [0.05, 0.1) is 0 Å². The lowest BCUT2D eigenvalue weighted by Crippen LogP contribution is -2.61. The highest BCUT2D eigenvalue weighted by Crippen LogP contribution is 2.44. The van der Waals surface area contributed by atoms with Crippen LogP contribution in [0.2, 0.25) is 0 Å². The molecule has 2 heterocycles. The average Bonchev–Trinajstić information content (AvgIpc) is 3.21. The zero-order valence-corrected chi connectivity index (χ0v) is 27.9. The topological polar surface area (TPSA) is 6.48 Å². The summed E-state index contributed by atoms with van der Waals surface area (Å²) in [6, 6.07) is 69.2. The van der Waals surface area contributed by atoms with Crippen molar-refractivity contribution in [2.45, 2.75) is 0 Å². The summed E-state index contributed by atoms with van der Waals surface area (Å²) in [6.45, 7) is 0.131. The van der Waals surface area contributed by atoms with E-state index < -0.39 is 0 Å². The van der Waals surface area contributed by atoms with Crippen molar-refractivity contribution in [1.29, 1.82) is 0 Å². The molecule has 2 aliphatic heterocycles. The number of hydrogen-bond donors (Lipinski definition) is 0. The van der Waals surface area contributed by atoms with Gasteiger partial charge in [-0.05, 0) is 114 Å². The molecule has 0 amide bonds. The summed E-state index contributed by atoms with van der Waals surface area (Å²) in [5, 5.41) is 7.77. The second-order valence-electron chi connectivity index (χ2n) is 13.7. The maximum absolute atomic E-state index is 2.48. The number of benzene rings is 9. The van der Waals surface area contributed by atoms with Crippen LogP contribution >= 0.6 is 0 Å². The summed E-state index contributed by atoms with van der Waals surface area (Å²) in [5.74, 6) is 0. The molecule has 3 heteroatoms. The molecule has 9 aromatic carbocycles. The van der Waals surface area contributed by atoms with Gasteiger partial charge in [0.15, 0.2) is 0 Å². The lowest BCUT2D eigenvalue weighted by molar-refractivity contribution is 1.25. The Balaban J connectivity index is 1.11. The molecule has 51 heavy (non-hydrogen) atoms. The number of nitrogens with zero attached hydrogens (tertiary/aromatic N) is 2. The van der Waals surface area contributed by atoms with Crippen LogP contribution in [0.15, 0.2) is 188 Å². The molecule has 236 valence electrons. The SMILES string of the molecule is c1ccc(N2c3ccccc3B3c4ccccc4N(c4cccc(-c5ccc6c7ccccc7c7ccccc7c6c5)c4)c4cccc2c43)cc1. The van der Waals surface area contributed by atoms with Crippen LogP contribution < -0.4 is 26.2 Å². The van der Waals surface area contributed by atoms with Gasteiger partial charge in [0.2, 0.25) is 0 Å². The summed E-state index contributed by atoms with van der Waals surface area (Å²) in [7, 11) is 0. The quantitative estimate of drug-likeness (QED) is 0.139. The molecule has 0 saturated carbocycles. The minimum absolute atomic E-state index is 0.131. The van der Waals surface area contributed by atoms with Crippen LogP contribution in [0, 0.1) is 0 Å². The summed E-state index contributed by atoms with van der Waals surface area (Å²) in [6.07, 6.45) is 0. The van der Waals surface area contributed by atoms with E-state index in [1.54, 1.807) is 0 Å². The fraction of sp³-hybridized carbons (Fsp3) is 0. The van der Waals surface area contributed by atoms with Crippen molar-refractivity contribution in [2.24, 2.45) is 0 Å². The highest BCUT2D eigenvalue weighted by Gasteiger charge is 2.42. The second-order valence-corrected chi connectivity index (χ2v) is 13.7. The normalized spacial score (nSPS) is 13.0. The Bertz CT molecular complexity index is 2810. The largest absolute Gasteiger partial charge is 0.311 e. The number of para-hydroxylation sites is 3. The van der Waals surface area contributed by atoms with E-state index in [1.807, 2.05) is 0 Å². The monoisotopic (exact) mass is 646 g/mol. The first-order valence-electron chi connectivity index (χ1n) is 17.7. The van der Waals surface area contributed by atoms with Gasteiger partial charge in [-0.3, -0.25) is 0 Å². The van der Waals surface area contributed by atoms with Crippen molar-refractivity contribution in [3.8, 4) is 11.1 Å². The molecule has 9 aromatic rings. The van der Waals surface area contributed by atoms with Crippen molar-refractivity contribution >= 4 is 89.5 Å². The van der Waals surface area contributed by atoms with Crippen LogP contribution in [0.4, 0.5) is 34.1 Å². The Morgan fingerprint density at radius 3 is 1.39 bits per heavy atom. The molecule has 0 atom stereocenters. The van der Waals surface area contributed by atoms with Gasteiger partial charge in [0.25, 0.3) is 6.71 Å². The minimum atomic E-state index is 0.131. The molecule has 0 radical (unpaired) electrons. The van der Waals surface area contributed by atoms with Gasteiger partial charge in [-0.25, -0.2) is 0 Å². The Morgan fingerprint density at radius 1 is 0.294 bits per heavy atom. The molecule has 0 N–H and O–H groups in total. The van der Waals surface area contributed by atoms with E-state index >= 15 is 0 Å². The van der Waals surface area contributed by atoms with E-state index in [9.17, 15) is 0 Å². The van der Waals surface area contributed by atoms with Crippen LogP contribution in [0.1, 0.15) is 0 Å². The molecule has 11 rings (SSSR count). The molecular formula is C48H31BN2. The Labute approximate surface area is 297 Å². The molecule has 0 saturated heterocycles. The first-order chi connectivity index (χ1) is 25.3. The van der Waals surface area contributed by atoms with Crippen LogP contribution in [0.3, 0.4) is 0 Å². The third kappa shape index (κ3) is 4.12. The standard InChI is InChI=1S/C48H31BN2/c1-2-15-34(16-3-1)50-44-24-10-8-22-42(44)49-43-23-9-11-25-45(43)51(47-27-13-26-46(50)48(47)49)35-17-12-14-32(30-35)33-28-29-40-38-20-5-4-18-36(38)37-19-6-7-21-39(37)41(40)31-33/h1-31H. The molecule has 2 aliphatic rings. The Kier molecular flexibility index (Phi) is 6.08. The van der Waals surface area contributed by atoms with E-state index in [4.69, 9.17) is 0 Å². The number of fused-ring (bicyclic) bond motifs is 10. The smallest absolute Gasteiger partial charge is 0.252 e. The van der Waals surface area contributed by atoms with Crippen molar-refractivity contribution in [1.82, 2.24) is 0 Å². The third-order valence-corrected chi connectivity index (χ3v) is 11.0. The van der Waals surface area contributed by atoms with Gasteiger partial charge in [0, 0.05) is 34.1 Å². The van der Waals surface area contributed by atoms with E-state index in [1.165, 1.54) is 88.3 Å². The van der Waals surface area contributed by atoms with Gasteiger partial charge >= 0.3 is 0 Å². The summed E-state index contributed by atoms with van der Waals surface area (Å²) in [5.41, 5.74) is 13.6. The second kappa shape index (κ2) is 11.0. The van der Waals surface area contributed by atoms with E-state index in [0.717, 1.165) is 5.69 Å². The first-order valence-corrected chi connectivity index (χ1v) is 17.7. The van der Waals surface area contributed by atoms with Gasteiger partial charge in [-0.1, -0.05) is 133 Å². The number of hydrogen-bond acceptors (Lipinski definition) is 2. The lowest BCUT2D eigenvalue weighted by Gasteiger charge is -2.44. The van der Waals surface area contributed by atoms with E-state index in [-0.39, 0.29) is 6.71 Å². The number of rotatable bonds is 3. The van der Waals surface area contributed by atoms with Gasteiger partial charge in [-0.2, -0.15) is 0 Å². The van der Waals surface area contributed by atoms with E-state index in [0.29, 0.717) is 0 Å². The van der Waals surface area contributed by atoms with Crippen LogP contribution in [0.5, 0.6) is 0 Å². The Morgan fingerprint density at radius 2 is 0.745 bits per heavy atom. The molecule has 0 aliphatic carbocycles. The highest BCUT2D eigenvalue weighted by molar-refractivity contribution is 7.00. The van der Waals surface area contributed by atoms with Crippen LogP contribution in [-0.4, -0.2) is 6.71 Å². The van der Waals surface area contributed by atoms with Gasteiger partial charge in [0.1, 0.15) is 0 Å². The van der Waals surface area contributed by atoms with Gasteiger partial charge < -0.3 is 9.80 Å². The van der Waals surface area contributed by atoms with Crippen molar-refractivity contribution in [3.05, 3.63) is 188 Å². The Hall–Kier alpha value is -6.58. The van der Waals surface area contributed by atoms with Crippen molar-refractivity contribution in [2.75, 3.05) is 9.80 Å². The highest BCUT2D eigenvalue weighted by atomic mass is 15.2. The predicted molar refractivity (Wildman–Crippen MR) is 218 cm³/mol. The van der Waals surface area contributed by atoms with Crippen molar-refractivity contribution < 1.29 is 0 Å². The molecule has 0 unspecified atom stereocenters. The average molecular weight is 647 g/mol. The van der Waals surface area contributed by atoms with E-state index in [2.05, 4.69) is 198 Å². The first kappa shape index (κ1) is 28.3. The molecule has 2 nitrogen and oxygen atoms in total. The minimum Gasteiger partial charge on any atom is -0.311 e. The zero-order chi connectivity index (χ0) is 33.5. The molecule has 0 spiro atoms. The molecule has 0 bridgehead atoms. The number of anilines is 6. The molecular weight excluding hydrogens is 615 g/mol. The maximum Gasteiger partial charge on any atom is 0.252 e. The fourth-order valence-electron chi connectivity index (χ4n) is 8.88. The molecule has 0 fully saturated rings. The van der Waals surface area contributed by atoms with Crippen LogP contribution in [-0.2, 0) is 0 Å². The maximum atomic E-state index is 2.48. The van der Waals surface area contributed by atoms with Gasteiger partial charge in [-0.15, -0.1) is 0 Å². The zero-order valence-electron chi connectivity index (χ0n) is 27.9. The third-order valence-electron chi connectivity index (χ3n) is 11.0. The fourth-order valence-corrected chi connectivity index (χ4v) is 8.88. The van der Waals surface area contributed by atoms with Crippen molar-refractivity contribution in [3.63, 3.8) is 0 Å². The van der Waals surface area contributed by atoms with Crippen LogP contribution in [0.25, 0.3) is 43.4 Å².